The van der Waals surface area contributed by atoms with Gasteiger partial charge in [-0.25, -0.2) is 0 Å². The molecule has 0 spiro atoms. The number of hydrogen-bond donors (Lipinski definition) is 0. The minimum Gasteiger partial charge on any atom is -0.121 e. The summed E-state index contributed by atoms with van der Waals surface area (Å²) in [5, 5.41) is 0. The molecule has 0 aromatic heterocycles. The Morgan fingerprint density at radius 1 is 1.05 bits per heavy atom. The summed E-state index contributed by atoms with van der Waals surface area (Å²) in [4.78, 5) is 0. The molecule has 0 heteroatoms. The molecule has 0 radical (unpaired) electrons. The fourth-order valence-electron chi connectivity index (χ4n) is 2.68. The minimum absolute atomic E-state index is 0.212. The van der Waals surface area contributed by atoms with Crippen LogP contribution in [0, 0.1) is 5.41 Å². The van der Waals surface area contributed by atoms with Gasteiger partial charge in [-0.15, -0.1) is 5.73 Å². The van der Waals surface area contributed by atoms with Crippen LogP contribution in [0.3, 0.4) is 0 Å². The molecule has 0 aliphatic rings. The van der Waals surface area contributed by atoms with E-state index in [0.29, 0.717) is 6.05 Å². The Kier molecular flexibility index (Phi) is 5.29. The largest absolute Gasteiger partial charge is 0.121 e. The Bertz CT molecular complexity index is 674. The first-order valence-corrected chi connectivity index (χ1v) is 7.99. The molecule has 0 atom stereocenters. The van der Waals surface area contributed by atoms with Crippen LogP contribution in [0.1, 0.15) is 46.1 Å². The van der Waals surface area contributed by atoms with Gasteiger partial charge in [0.1, 0.15) is 0 Å². The van der Waals surface area contributed by atoms with Crippen molar-refractivity contribution < 1.29 is 1.37 Å². The van der Waals surface area contributed by atoms with Crippen molar-refractivity contribution in [2.45, 2.75) is 40.0 Å². The van der Waals surface area contributed by atoms with Crippen LogP contribution in [0.4, 0.5) is 0 Å². The fraction of sp³-hybridized carbons (Fsp3) is 0.318. The first-order chi connectivity index (χ1) is 11.0. The van der Waals surface area contributed by atoms with Crippen molar-refractivity contribution in [3.63, 3.8) is 0 Å². The highest BCUT2D eigenvalue weighted by molar-refractivity contribution is 5.48. The van der Waals surface area contributed by atoms with Crippen LogP contribution in [0.2, 0.25) is 0 Å². The maximum atomic E-state index is 8.17. The zero-order chi connectivity index (χ0) is 16.7. The van der Waals surface area contributed by atoms with Crippen LogP contribution in [-0.4, -0.2) is 0 Å². The zero-order valence-electron chi connectivity index (χ0n) is 14.9. The molecule has 114 valence electrons. The van der Waals surface area contributed by atoms with Crippen LogP contribution < -0.4 is 0 Å². The molecule has 0 saturated carbocycles. The number of hydrogen-bond acceptors (Lipinski definition) is 0. The van der Waals surface area contributed by atoms with Crippen molar-refractivity contribution in [2.24, 2.45) is 5.41 Å². The standard InChI is InChI=1S/C22H26/c1-19(14-15-20-10-6-4-7-11-20)18-22(2,3)17-16-21-12-8-5-9-13-21/h4-13,15H,16-18H2,1-3H3/i15D. The molecule has 0 aliphatic heterocycles. The van der Waals surface area contributed by atoms with E-state index in [0.717, 1.165) is 30.4 Å². The average molecular weight is 291 g/mol. The maximum absolute atomic E-state index is 8.17. The lowest BCUT2D eigenvalue weighted by Gasteiger charge is -2.24. The molecule has 2 aromatic carbocycles. The smallest absolute Gasteiger partial charge is 0.0720 e. The van der Waals surface area contributed by atoms with E-state index in [1.165, 1.54) is 5.56 Å². The van der Waals surface area contributed by atoms with Crippen molar-refractivity contribution >= 4 is 6.05 Å². The van der Waals surface area contributed by atoms with E-state index in [2.05, 4.69) is 56.8 Å². The monoisotopic (exact) mass is 291 g/mol. The Morgan fingerprint density at radius 3 is 2.27 bits per heavy atom. The third-order valence-electron chi connectivity index (χ3n) is 3.87. The summed E-state index contributed by atoms with van der Waals surface area (Å²) in [5.41, 5.74) is 6.93. The molecule has 0 fully saturated rings. The lowest BCUT2D eigenvalue weighted by Crippen LogP contribution is -2.12. The average Bonchev–Trinajstić information content (AvgIpc) is 2.54. The minimum atomic E-state index is 0.212. The van der Waals surface area contributed by atoms with E-state index in [4.69, 9.17) is 1.37 Å². The molecule has 0 aliphatic carbocycles. The molecule has 0 N–H and O–H groups in total. The topological polar surface area (TPSA) is 0 Å². The van der Waals surface area contributed by atoms with Gasteiger partial charge in [-0.3, -0.25) is 0 Å². The second kappa shape index (κ2) is 7.82. The van der Waals surface area contributed by atoms with E-state index in [1.54, 1.807) is 0 Å². The Hall–Kier alpha value is -2.04. The van der Waals surface area contributed by atoms with Crippen LogP contribution in [0.15, 0.2) is 72.0 Å². The van der Waals surface area contributed by atoms with E-state index >= 15 is 0 Å². The van der Waals surface area contributed by atoms with Gasteiger partial charge < -0.3 is 0 Å². The molecule has 0 nitrogen and oxygen atoms in total. The lowest BCUT2D eigenvalue weighted by atomic mass is 9.81. The van der Waals surface area contributed by atoms with Gasteiger partial charge in [0.15, 0.2) is 0 Å². The summed E-state index contributed by atoms with van der Waals surface area (Å²) in [6, 6.07) is 20.9. The molecular formula is C22H26. The molecule has 0 unspecified atom stereocenters. The molecule has 22 heavy (non-hydrogen) atoms. The van der Waals surface area contributed by atoms with Gasteiger partial charge in [0.2, 0.25) is 0 Å². The van der Waals surface area contributed by atoms with Crippen LogP contribution in [0.5, 0.6) is 0 Å². The quantitative estimate of drug-likeness (QED) is 0.548. The van der Waals surface area contributed by atoms with Crippen molar-refractivity contribution in [2.75, 3.05) is 0 Å². The van der Waals surface area contributed by atoms with Crippen LogP contribution >= 0.6 is 0 Å². The predicted octanol–water partition coefficient (Wildman–Crippen LogP) is 6.29. The SMILES string of the molecule is [2H]C(=C=C(C)CC(C)(C)CCc1ccccc1)c1ccccc1. The summed E-state index contributed by atoms with van der Waals surface area (Å²) in [7, 11) is 0. The van der Waals surface area contributed by atoms with Crippen LogP contribution in [-0.2, 0) is 6.42 Å². The molecule has 0 amide bonds. The van der Waals surface area contributed by atoms with Gasteiger partial charge in [-0.05, 0) is 54.4 Å². The van der Waals surface area contributed by atoms with Crippen molar-refractivity contribution in [1.82, 2.24) is 0 Å². The Labute approximate surface area is 136 Å². The number of aryl methyl sites for hydroxylation is 1. The van der Waals surface area contributed by atoms with Gasteiger partial charge in [0.25, 0.3) is 0 Å². The van der Waals surface area contributed by atoms with E-state index in [-0.39, 0.29) is 5.41 Å². The summed E-state index contributed by atoms with van der Waals surface area (Å²) in [6.45, 7) is 6.68. The fourth-order valence-corrected chi connectivity index (χ4v) is 2.68. The summed E-state index contributed by atoms with van der Waals surface area (Å²) in [5.74, 6) is 0. The van der Waals surface area contributed by atoms with Gasteiger partial charge in [0, 0.05) is 0 Å². The first-order valence-electron chi connectivity index (χ1n) is 8.49. The van der Waals surface area contributed by atoms with Crippen LogP contribution in [0.25, 0.3) is 6.05 Å². The van der Waals surface area contributed by atoms with Gasteiger partial charge in [-0.2, -0.15) is 0 Å². The zero-order valence-corrected chi connectivity index (χ0v) is 13.9. The Morgan fingerprint density at radius 2 is 1.64 bits per heavy atom. The highest BCUT2D eigenvalue weighted by Crippen LogP contribution is 2.30. The summed E-state index contributed by atoms with van der Waals surface area (Å²) < 4.78 is 8.17. The molecule has 0 saturated heterocycles. The summed E-state index contributed by atoms with van der Waals surface area (Å²) >= 11 is 0. The Balaban J connectivity index is 2.02. The van der Waals surface area contributed by atoms with E-state index in [9.17, 15) is 0 Å². The molecule has 0 bridgehead atoms. The molecular weight excluding hydrogens is 264 g/mol. The van der Waals surface area contributed by atoms with Crippen molar-refractivity contribution in [3.8, 4) is 0 Å². The number of allylic oxidation sites excluding steroid dienone is 1. The third-order valence-corrected chi connectivity index (χ3v) is 3.87. The molecule has 2 aromatic rings. The van der Waals surface area contributed by atoms with Gasteiger partial charge >= 0.3 is 0 Å². The second-order valence-corrected chi connectivity index (χ2v) is 6.72. The van der Waals surface area contributed by atoms with E-state index in [1.807, 2.05) is 30.3 Å². The molecule has 0 heterocycles. The van der Waals surface area contributed by atoms with Gasteiger partial charge in [-0.1, -0.05) is 74.5 Å². The van der Waals surface area contributed by atoms with Crippen molar-refractivity contribution in [1.29, 1.82) is 0 Å². The maximum Gasteiger partial charge on any atom is 0.0720 e. The third kappa shape index (κ3) is 5.76. The number of benzene rings is 2. The predicted molar refractivity (Wildman–Crippen MR) is 96.8 cm³/mol. The second-order valence-electron chi connectivity index (χ2n) is 6.72. The van der Waals surface area contributed by atoms with E-state index < -0.39 is 0 Å². The number of rotatable bonds is 6. The van der Waals surface area contributed by atoms with Crippen molar-refractivity contribution in [3.05, 3.63) is 83.1 Å². The first kappa shape index (κ1) is 14.9. The summed E-state index contributed by atoms with van der Waals surface area (Å²) in [6.07, 6.45) is 3.20. The normalized spacial score (nSPS) is 11.5. The van der Waals surface area contributed by atoms with Gasteiger partial charge in [0.05, 0.1) is 1.37 Å². The lowest BCUT2D eigenvalue weighted by molar-refractivity contribution is 0.332. The highest BCUT2D eigenvalue weighted by atomic mass is 14.2. The highest BCUT2D eigenvalue weighted by Gasteiger charge is 2.18. The molecule has 2 rings (SSSR count).